The predicted octanol–water partition coefficient (Wildman–Crippen LogP) is 3.42. The van der Waals surface area contributed by atoms with E-state index >= 15 is 0 Å². The van der Waals surface area contributed by atoms with Crippen molar-refractivity contribution in [1.82, 2.24) is 4.98 Å². The number of nitrogens with one attached hydrogen (secondary N) is 1. The average molecular weight is 276 g/mol. The highest BCUT2D eigenvalue weighted by Crippen LogP contribution is 2.33. The lowest BCUT2D eigenvalue weighted by atomic mass is 10.2. The van der Waals surface area contributed by atoms with Gasteiger partial charge in [-0.25, -0.2) is 4.79 Å². The van der Waals surface area contributed by atoms with Crippen LogP contribution in [0.15, 0.2) is 30.6 Å². The molecule has 2 aromatic heterocycles. The first-order valence-corrected chi connectivity index (χ1v) is 6.94. The fraction of sp³-hybridized carbons (Fsp3) is 0.286. The number of aromatic nitrogens is 1. The van der Waals surface area contributed by atoms with E-state index in [-0.39, 0.29) is 5.97 Å². The van der Waals surface area contributed by atoms with Crippen LogP contribution in [0, 0.1) is 0 Å². The molecule has 0 radical (unpaired) electrons. The van der Waals surface area contributed by atoms with Crippen LogP contribution in [0.4, 0.5) is 5.69 Å². The Hall–Kier alpha value is -1.88. The van der Waals surface area contributed by atoms with Crippen molar-refractivity contribution >= 4 is 23.0 Å². The highest BCUT2D eigenvalue weighted by atomic mass is 32.1. The van der Waals surface area contributed by atoms with Crippen LogP contribution in [0.25, 0.3) is 10.4 Å². The van der Waals surface area contributed by atoms with E-state index in [2.05, 4.69) is 17.2 Å². The Morgan fingerprint density at radius 3 is 3.00 bits per heavy atom. The maximum absolute atomic E-state index is 11.5. The summed E-state index contributed by atoms with van der Waals surface area (Å²) >= 11 is 1.42. The van der Waals surface area contributed by atoms with Crippen LogP contribution < -0.4 is 5.32 Å². The summed E-state index contributed by atoms with van der Waals surface area (Å²) in [6, 6.07) is 5.67. The van der Waals surface area contributed by atoms with Crippen molar-refractivity contribution in [3.63, 3.8) is 0 Å². The van der Waals surface area contributed by atoms with Crippen molar-refractivity contribution in [2.75, 3.05) is 19.0 Å². The molecule has 0 aromatic carbocycles. The van der Waals surface area contributed by atoms with Gasteiger partial charge in [0, 0.05) is 23.2 Å². The summed E-state index contributed by atoms with van der Waals surface area (Å²) in [6.07, 6.45) is 4.61. The van der Waals surface area contributed by atoms with Crippen LogP contribution >= 0.6 is 11.3 Å². The second kappa shape index (κ2) is 6.33. The third-order valence-corrected chi connectivity index (χ3v) is 3.74. The van der Waals surface area contributed by atoms with Crippen LogP contribution in [0.5, 0.6) is 0 Å². The number of nitrogens with zero attached hydrogens (tertiary/aromatic N) is 1. The molecule has 1 N–H and O–H groups in total. The molecule has 0 aliphatic heterocycles. The van der Waals surface area contributed by atoms with Gasteiger partial charge >= 0.3 is 5.97 Å². The molecule has 2 heterocycles. The molecule has 0 unspecified atom stereocenters. The molecule has 100 valence electrons. The number of carbonyl (C=O) groups is 1. The van der Waals surface area contributed by atoms with E-state index in [9.17, 15) is 4.79 Å². The van der Waals surface area contributed by atoms with E-state index in [1.165, 1.54) is 18.4 Å². The standard InChI is InChI=1S/C14H16N2O2S/c1-3-7-16-11-9-15-8-6-10(11)12-4-5-13(19-12)14(17)18-2/h4-6,8-9,16H,3,7H2,1-2H3. The Kier molecular flexibility index (Phi) is 4.52. The normalized spacial score (nSPS) is 10.2. The van der Waals surface area contributed by atoms with Crippen molar-refractivity contribution in [3.8, 4) is 10.4 Å². The molecule has 0 atom stereocenters. The molecule has 19 heavy (non-hydrogen) atoms. The van der Waals surface area contributed by atoms with E-state index in [0.29, 0.717) is 4.88 Å². The van der Waals surface area contributed by atoms with Crippen LogP contribution in [0.1, 0.15) is 23.0 Å². The lowest BCUT2D eigenvalue weighted by Gasteiger charge is -2.09. The minimum absolute atomic E-state index is 0.298. The van der Waals surface area contributed by atoms with E-state index in [4.69, 9.17) is 4.74 Å². The second-order valence-electron chi connectivity index (χ2n) is 4.00. The van der Waals surface area contributed by atoms with Crippen LogP contribution in [-0.2, 0) is 4.74 Å². The van der Waals surface area contributed by atoms with Gasteiger partial charge in [0.2, 0.25) is 0 Å². The van der Waals surface area contributed by atoms with Gasteiger partial charge in [-0.1, -0.05) is 6.92 Å². The smallest absolute Gasteiger partial charge is 0.348 e. The van der Waals surface area contributed by atoms with Crippen LogP contribution in [0.3, 0.4) is 0 Å². The molecule has 0 aliphatic carbocycles. The Labute approximate surface area is 116 Å². The molecule has 4 nitrogen and oxygen atoms in total. The number of carbonyl (C=O) groups excluding carboxylic acids is 1. The summed E-state index contributed by atoms with van der Waals surface area (Å²) in [6.45, 7) is 3.01. The van der Waals surface area contributed by atoms with Crippen molar-refractivity contribution in [2.24, 2.45) is 0 Å². The van der Waals surface area contributed by atoms with Crippen molar-refractivity contribution in [1.29, 1.82) is 0 Å². The molecule has 0 spiro atoms. The number of rotatable bonds is 5. The summed E-state index contributed by atoms with van der Waals surface area (Å²) in [5.41, 5.74) is 2.05. The zero-order chi connectivity index (χ0) is 13.7. The third kappa shape index (κ3) is 3.12. The summed E-state index contributed by atoms with van der Waals surface area (Å²) < 4.78 is 4.72. The maximum atomic E-state index is 11.5. The fourth-order valence-electron chi connectivity index (χ4n) is 1.70. The minimum atomic E-state index is -0.298. The van der Waals surface area contributed by atoms with Gasteiger partial charge in [-0.3, -0.25) is 4.98 Å². The number of thiophene rings is 1. The number of methoxy groups -OCH3 is 1. The largest absolute Gasteiger partial charge is 0.465 e. The predicted molar refractivity (Wildman–Crippen MR) is 77.7 cm³/mol. The van der Waals surface area contributed by atoms with Gasteiger partial charge in [-0.2, -0.15) is 0 Å². The van der Waals surface area contributed by atoms with Crippen LogP contribution in [-0.4, -0.2) is 24.6 Å². The molecule has 2 rings (SSSR count). The van der Waals surface area contributed by atoms with Crippen molar-refractivity contribution < 1.29 is 9.53 Å². The number of esters is 1. The Balaban J connectivity index is 2.30. The van der Waals surface area contributed by atoms with E-state index in [0.717, 1.165) is 29.1 Å². The van der Waals surface area contributed by atoms with Gasteiger partial charge in [0.15, 0.2) is 0 Å². The van der Waals surface area contributed by atoms with Gasteiger partial charge in [0.05, 0.1) is 19.0 Å². The molecular formula is C14H16N2O2S. The van der Waals surface area contributed by atoms with Gasteiger partial charge in [0.25, 0.3) is 0 Å². The lowest BCUT2D eigenvalue weighted by Crippen LogP contribution is -2.01. The molecule has 5 heteroatoms. The molecule has 2 aromatic rings. The zero-order valence-corrected chi connectivity index (χ0v) is 11.8. The molecule has 0 amide bonds. The summed E-state index contributed by atoms with van der Waals surface area (Å²) in [4.78, 5) is 17.2. The minimum Gasteiger partial charge on any atom is -0.465 e. The highest BCUT2D eigenvalue weighted by Gasteiger charge is 2.12. The van der Waals surface area contributed by atoms with Crippen molar-refractivity contribution in [3.05, 3.63) is 35.5 Å². The molecule has 0 saturated heterocycles. The molecule has 0 aliphatic rings. The molecular weight excluding hydrogens is 260 g/mol. The number of pyridine rings is 1. The first-order chi connectivity index (χ1) is 9.26. The summed E-state index contributed by atoms with van der Waals surface area (Å²) in [7, 11) is 1.39. The first-order valence-electron chi connectivity index (χ1n) is 6.12. The van der Waals surface area contributed by atoms with Crippen molar-refractivity contribution in [2.45, 2.75) is 13.3 Å². The molecule has 0 saturated carbocycles. The maximum Gasteiger partial charge on any atom is 0.348 e. The monoisotopic (exact) mass is 276 g/mol. The Morgan fingerprint density at radius 1 is 1.42 bits per heavy atom. The van der Waals surface area contributed by atoms with E-state index in [1.807, 2.05) is 18.3 Å². The summed E-state index contributed by atoms with van der Waals surface area (Å²) in [5, 5.41) is 3.34. The van der Waals surface area contributed by atoms with Gasteiger partial charge in [-0.05, 0) is 24.6 Å². The number of hydrogen-bond acceptors (Lipinski definition) is 5. The number of ether oxygens (including phenoxy) is 1. The quantitative estimate of drug-likeness (QED) is 0.850. The van der Waals surface area contributed by atoms with E-state index < -0.39 is 0 Å². The number of hydrogen-bond donors (Lipinski definition) is 1. The fourth-order valence-corrected chi connectivity index (χ4v) is 2.67. The molecule has 0 bridgehead atoms. The van der Waals surface area contributed by atoms with Gasteiger partial charge < -0.3 is 10.1 Å². The summed E-state index contributed by atoms with van der Waals surface area (Å²) in [5.74, 6) is -0.298. The van der Waals surface area contributed by atoms with Gasteiger partial charge in [-0.15, -0.1) is 11.3 Å². The topological polar surface area (TPSA) is 51.2 Å². The second-order valence-corrected chi connectivity index (χ2v) is 5.09. The first kappa shape index (κ1) is 13.5. The molecule has 0 fully saturated rings. The lowest BCUT2D eigenvalue weighted by molar-refractivity contribution is 0.0606. The highest BCUT2D eigenvalue weighted by molar-refractivity contribution is 7.17. The third-order valence-electron chi connectivity index (χ3n) is 2.64. The Bertz CT molecular complexity index is 566. The average Bonchev–Trinajstić information content (AvgIpc) is 2.94. The number of anilines is 1. The van der Waals surface area contributed by atoms with Gasteiger partial charge in [0.1, 0.15) is 4.88 Å². The van der Waals surface area contributed by atoms with Crippen LogP contribution in [0.2, 0.25) is 0 Å². The SMILES string of the molecule is CCCNc1cnccc1-c1ccc(C(=O)OC)s1. The van der Waals surface area contributed by atoms with E-state index in [1.54, 1.807) is 12.3 Å². The Morgan fingerprint density at radius 2 is 2.26 bits per heavy atom. The zero-order valence-electron chi connectivity index (χ0n) is 11.0.